The molecule has 0 aliphatic carbocycles. The van der Waals surface area contributed by atoms with Crippen molar-refractivity contribution in [1.82, 2.24) is 0 Å². The molecule has 1 aromatic rings. The van der Waals surface area contributed by atoms with E-state index in [0.29, 0.717) is 11.1 Å². The number of rotatable bonds is 5. The van der Waals surface area contributed by atoms with Crippen molar-refractivity contribution in [3.8, 4) is 12.3 Å². The van der Waals surface area contributed by atoms with Crippen LogP contribution in [0.25, 0.3) is 0 Å². The van der Waals surface area contributed by atoms with Crippen molar-refractivity contribution < 1.29 is 19.7 Å². The Morgan fingerprint density at radius 1 is 1.39 bits per heavy atom. The highest BCUT2D eigenvalue weighted by molar-refractivity contribution is 5.70. The molecule has 0 aliphatic heterocycles. The van der Waals surface area contributed by atoms with Crippen LogP contribution < -0.4 is 0 Å². The molecule has 2 N–H and O–H groups in total. The van der Waals surface area contributed by atoms with E-state index < -0.39 is 18.2 Å². The summed E-state index contributed by atoms with van der Waals surface area (Å²) in [6.07, 6.45) is 2.64. The number of benzene rings is 1. The number of carbonyl (C=O) groups excluding carboxylic acids is 1. The number of hydrogen-bond acceptors (Lipinski definition) is 4. The van der Waals surface area contributed by atoms with Crippen LogP contribution in [0, 0.1) is 12.3 Å². The van der Waals surface area contributed by atoms with E-state index in [1.807, 2.05) is 0 Å². The Kier molecular flexibility index (Phi) is 5.37. The molecule has 96 valence electrons. The summed E-state index contributed by atoms with van der Waals surface area (Å²) in [7, 11) is 0. The van der Waals surface area contributed by atoms with Gasteiger partial charge in [-0.1, -0.05) is 18.1 Å². The van der Waals surface area contributed by atoms with Gasteiger partial charge in [0, 0.05) is 5.56 Å². The minimum Gasteiger partial charge on any atom is -0.466 e. The van der Waals surface area contributed by atoms with E-state index in [0.717, 1.165) is 0 Å². The Morgan fingerprint density at radius 2 is 2.00 bits per heavy atom. The van der Waals surface area contributed by atoms with Crippen LogP contribution in [0.5, 0.6) is 0 Å². The zero-order valence-corrected chi connectivity index (χ0v) is 10.2. The lowest BCUT2D eigenvalue weighted by Gasteiger charge is -2.17. The largest absolute Gasteiger partial charge is 0.466 e. The number of aliphatic hydroxyl groups is 2. The maximum atomic E-state index is 11.2. The third-order valence-corrected chi connectivity index (χ3v) is 2.46. The highest BCUT2D eigenvalue weighted by atomic mass is 16.5. The van der Waals surface area contributed by atoms with Crippen LogP contribution in [-0.4, -0.2) is 28.9 Å². The molecule has 0 bridgehead atoms. The van der Waals surface area contributed by atoms with Gasteiger partial charge in [0.2, 0.25) is 0 Å². The number of terminal acetylenes is 1. The predicted octanol–water partition coefficient (Wildman–Crippen LogP) is 1.02. The molecule has 0 fully saturated rings. The maximum Gasteiger partial charge on any atom is 0.308 e. The van der Waals surface area contributed by atoms with Crippen molar-refractivity contribution in [2.45, 2.75) is 25.6 Å². The van der Waals surface area contributed by atoms with Gasteiger partial charge in [-0.25, -0.2) is 0 Å². The molecule has 2 atom stereocenters. The second kappa shape index (κ2) is 6.80. The Bertz CT molecular complexity index is 430. The zero-order valence-electron chi connectivity index (χ0n) is 10.2. The molecule has 18 heavy (non-hydrogen) atoms. The van der Waals surface area contributed by atoms with Gasteiger partial charge in [-0.05, 0) is 24.6 Å². The molecule has 0 saturated carbocycles. The molecule has 0 spiro atoms. The topological polar surface area (TPSA) is 66.8 Å². The molecule has 0 aromatic heterocycles. The van der Waals surface area contributed by atoms with Gasteiger partial charge in [-0.3, -0.25) is 4.79 Å². The maximum absolute atomic E-state index is 11.2. The van der Waals surface area contributed by atoms with Crippen molar-refractivity contribution in [1.29, 1.82) is 0 Å². The minimum atomic E-state index is -1.19. The SMILES string of the molecule is C#Cc1ccc(C(O)C(O)CC(=O)OCC)cc1. The molecule has 4 nitrogen and oxygen atoms in total. The lowest BCUT2D eigenvalue weighted by molar-refractivity contribution is -0.147. The fourth-order valence-corrected chi connectivity index (χ4v) is 1.50. The van der Waals surface area contributed by atoms with Crippen LogP contribution in [0.4, 0.5) is 0 Å². The van der Waals surface area contributed by atoms with E-state index in [4.69, 9.17) is 11.2 Å². The Labute approximate surface area is 106 Å². The summed E-state index contributed by atoms with van der Waals surface area (Å²) in [5.74, 6) is 1.92. The molecule has 0 heterocycles. The first-order valence-corrected chi connectivity index (χ1v) is 5.66. The minimum absolute atomic E-state index is 0.244. The average Bonchev–Trinajstić information content (AvgIpc) is 2.38. The molecule has 1 aromatic carbocycles. The van der Waals surface area contributed by atoms with Crippen molar-refractivity contribution in [2.75, 3.05) is 6.61 Å². The Morgan fingerprint density at radius 3 is 2.50 bits per heavy atom. The fourth-order valence-electron chi connectivity index (χ4n) is 1.50. The third-order valence-electron chi connectivity index (χ3n) is 2.46. The number of carbonyl (C=O) groups is 1. The number of hydrogen-bond donors (Lipinski definition) is 2. The number of ether oxygens (including phenoxy) is 1. The number of aliphatic hydroxyl groups excluding tert-OH is 2. The molecule has 4 heteroatoms. The highest BCUT2D eigenvalue weighted by Gasteiger charge is 2.21. The van der Waals surface area contributed by atoms with Gasteiger partial charge < -0.3 is 14.9 Å². The highest BCUT2D eigenvalue weighted by Crippen LogP contribution is 2.19. The van der Waals surface area contributed by atoms with Crippen molar-refractivity contribution in [3.63, 3.8) is 0 Å². The van der Waals surface area contributed by atoms with Crippen molar-refractivity contribution in [2.24, 2.45) is 0 Å². The van der Waals surface area contributed by atoms with E-state index in [-0.39, 0.29) is 13.0 Å². The van der Waals surface area contributed by atoms with Gasteiger partial charge in [0.15, 0.2) is 0 Å². The lowest BCUT2D eigenvalue weighted by Crippen LogP contribution is -2.23. The van der Waals surface area contributed by atoms with Crippen LogP contribution in [0.15, 0.2) is 24.3 Å². The van der Waals surface area contributed by atoms with Crippen molar-refractivity contribution >= 4 is 5.97 Å². The van der Waals surface area contributed by atoms with Crippen molar-refractivity contribution in [3.05, 3.63) is 35.4 Å². The first kappa shape index (κ1) is 14.2. The van der Waals surface area contributed by atoms with Crippen LogP contribution in [0.2, 0.25) is 0 Å². The first-order chi connectivity index (χ1) is 8.58. The molecule has 0 radical (unpaired) electrons. The van der Waals surface area contributed by atoms with Gasteiger partial charge in [-0.2, -0.15) is 0 Å². The van der Waals surface area contributed by atoms with Gasteiger partial charge in [0.05, 0.1) is 19.1 Å². The van der Waals surface area contributed by atoms with Gasteiger partial charge in [0.25, 0.3) is 0 Å². The third kappa shape index (κ3) is 3.88. The van der Waals surface area contributed by atoms with E-state index in [1.165, 1.54) is 0 Å². The van der Waals surface area contributed by atoms with Crippen LogP contribution in [0.1, 0.15) is 30.6 Å². The Balaban J connectivity index is 2.65. The average molecular weight is 248 g/mol. The molecular weight excluding hydrogens is 232 g/mol. The monoisotopic (exact) mass is 248 g/mol. The molecule has 1 rings (SSSR count). The van der Waals surface area contributed by atoms with Gasteiger partial charge >= 0.3 is 5.97 Å². The summed E-state index contributed by atoms with van der Waals surface area (Å²) in [6, 6.07) is 6.56. The fraction of sp³-hybridized carbons (Fsp3) is 0.357. The lowest BCUT2D eigenvalue weighted by atomic mass is 10.0. The van der Waals surface area contributed by atoms with Gasteiger partial charge in [0.1, 0.15) is 6.10 Å². The standard InChI is InChI=1S/C14H16O4/c1-3-10-5-7-11(8-6-10)14(17)12(15)9-13(16)18-4-2/h1,5-8,12,14-15,17H,4,9H2,2H3. The van der Waals surface area contributed by atoms with E-state index in [2.05, 4.69) is 5.92 Å². The molecule has 0 aliphatic rings. The van der Waals surface area contributed by atoms with E-state index in [9.17, 15) is 15.0 Å². The van der Waals surface area contributed by atoms with E-state index >= 15 is 0 Å². The normalized spacial score (nSPS) is 13.4. The van der Waals surface area contributed by atoms with Gasteiger partial charge in [-0.15, -0.1) is 6.42 Å². The summed E-state index contributed by atoms with van der Waals surface area (Å²) in [4.78, 5) is 11.2. The second-order valence-electron chi connectivity index (χ2n) is 3.79. The van der Waals surface area contributed by atoms with Crippen LogP contribution in [0.3, 0.4) is 0 Å². The summed E-state index contributed by atoms with van der Waals surface area (Å²) in [6.45, 7) is 1.93. The molecule has 2 unspecified atom stereocenters. The van der Waals surface area contributed by atoms with Crippen LogP contribution in [-0.2, 0) is 9.53 Å². The summed E-state index contributed by atoms with van der Waals surface area (Å²) < 4.78 is 4.70. The van der Waals surface area contributed by atoms with E-state index in [1.54, 1.807) is 31.2 Å². The molecule has 0 saturated heterocycles. The smallest absolute Gasteiger partial charge is 0.308 e. The summed E-state index contributed by atoms with van der Waals surface area (Å²) in [5, 5.41) is 19.6. The quantitative estimate of drug-likeness (QED) is 0.603. The molecule has 0 amide bonds. The number of esters is 1. The summed E-state index contributed by atoms with van der Waals surface area (Å²) in [5.41, 5.74) is 1.19. The zero-order chi connectivity index (χ0) is 13.5. The predicted molar refractivity (Wildman–Crippen MR) is 66.6 cm³/mol. The second-order valence-corrected chi connectivity index (χ2v) is 3.79. The Hall–Kier alpha value is -1.83. The van der Waals surface area contributed by atoms with Crippen LogP contribution >= 0.6 is 0 Å². The first-order valence-electron chi connectivity index (χ1n) is 5.66. The summed E-state index contributed by atoms with van der Waals surface area (Å²) >= 11 is 0. The molecular formula is C14H16O4.